The summed E-state index contributed by atoms with van der Waals surface area (Å²) in [6.45, 7) is 1.56. The summed E-state index contributed by atoms with van der Waals surface area (Å²) in [5.41, 5.74) is 3.44. The average molecular weight is 269 g/mol. The number of fused-ring (bicyclic) bond motifs is 1. The molecule has 0 aliphatic carbocycles. The summed E-state index contributed by atoms with van der Waals surface area (Å²) in [5, 5.41) is 10.5. The summed E-state index contributed by atoms with van der Waals surface area (Å²) in [6.07, 6.45) is 0.506. The molecular formula is C17H19NO2. The second kappa shape index (κ2) is 5.55. The van der Waals surface area contributed by atoms with Crippen molar-refractivity contribution in [2.45, 2.75) is 12.5 Å². The summed E-state index contributed by atoms with van der Waals surface area (Å²) < 4.78 is 5.32. The lowest BCUT2D eigenvalue weighted by molar-refractivity contribution is 0.179. The Morgan fingerprint density at radius 3 is 2.75 bits per heavy atom. The van der Waals surface area contributed by atoms with Crippen molar-refractivity contribution in [2.24, 2.45) is 0 Å². The molecule has 20 heavy (non-hydrogen) atoms. The molecule has 1 N–H and O–H groups in total. The normalized spacial score (nSPS) is 15.0. The molecule has 2 aromatic rings. The van der Waals surface area contributed by atoms with Crippen LogP contribution < -0.4 is 9.64 Å². The van der Waals surface area contributed by atoms with Crippen molar-refractivity contribution in [3.63, 3.8) is 0 Å². The number of hydrogen-bond donors (Lipinski definition) is 1. The van der Waals surface area contributed by atoms with E-state index in [2.05, 4.69) is 23.1 Å². The zero-order valence-corrected chi connectivity index (χ0v) is 11.6. The summed E-state index contributed by atoms with van der Waals surface area (Å²) in [7, 11) is 1.64. The lowest BCUT2D eigenvalue weighted by atomic mass is 10.1. The third-order valence-electron chi connectivity index (χ3n) is 3.87. The molecule has 2 aromatic carbocycles. The second-order valence-corrected chi connectivity index (χ2v) is 5.08. The van der Waals surface area contributed by atoms with Gasteiger partial charge in [-0.25, -0.2) is 0 Å². The van der Waals surface area contributed by atoms with Gasteiger partial charge in [0, 0.05) is 24.3 Å². The molecule has 1 unspecified atom stereocenters. The van der Waals surface area contributed by atoms with E-state index >= 15 is 0 Å². The number of ether oxygens (including phenoxy) is 1. The van der Waals surface area contributed by atoms with Gasteiger partial charge in [-0.1, -0.05) is 36.4 Å². The average Bonchev–Trinajstić information content (AvgIpc) is 2.90. The Labute approximate surface area is 119 Å². The van der Waals surface area contributed by atoms with E-state index in [4.69, 9.17) is 4.74 Å². The van der Waals surface area contributed by atoms with E-state index in [-0.39, 0.29) is 0 Å². The fraction of sp³-hybridized carbons (Fsp3) is 0.294. The molecule has 0 saturated carbocycles. The highest BCUT2D eigenvalue weighted by Gasteiger charge is 2.22. The monoisotopic (exact) mass is 269 g/mol. The Morgan fingerprint density at radius 1 is 1.15 bits per heavy atom. The van der Waals surface area contributed by atoms with E-state index in [1.807, 2.05) is 30.3 Å². The van der Waals surface area contributed by atoms with Crippen molar-refractivity contribution in [1.82, 2.24) is 0 Å². The largest absolute Gasteiger partial charge is 0.496 e. The number of aliphatic hydroxyl groups is 1. The van der Waals surface area contributed by atoms with Gasteiger partial charge >= 0.3 is 0 Å². The number of anilines is 1. The van der Waals surface area contributed by atoms with Gasteiger partial charge in [-0.05, 0) is 24.1 Å². The number of benzene rings is 2. The number of rotatable bonds is 4. The molecule has 1 heterocycles. The summed E-state index contributed by atoms with van der Waals surface area (Å²) in [4.78, 5) is 2.24. The third kappa shape index (κ3) is 2.37. The van der Waals surface area contributed by atoms with Crippen LogP contribution in [0.15, 0.2) is 48.5 Å². The lowest BCUT2D eigenvalue weighted by Gasteiger charge is -2.24. The molecular weight excluding hydrogens is 250 g/mol. The van der Waals surface area contributed by atoms with Crippen LogP contribution in [0.25, 0.3) is 0 Å². The maximum absolute atomic E-state index is 10.5. The van der Waals surface area contributed by atoms with Crippen LogP contribution >= 0.6 is 0 Å². The van der Waals surface area contributed by atoms with Crippen LogP contribution in [-0.2, 0) is 6.42 Å². The smallest absolute Gasteiger partial charge is 0.124 e. The quantitative estimate of drug-likeness (QED) is 0.926. The topological polar surface area (TPSA) is 32.7 Å². The van der Waals surface area contributed by atoms with Gasteiger partial charge in [0.2, 0.25) is 0 Å². The Balaban J connectivity index is 1.79. The van der Waals surface area contributed by atoms with Crippen molar-refractivity contribution in [1.29, 1.82) is 0 Å². The molecule has 3 heteroatoms. The van der Waals surface area contributed by atoms with Gasteiger partial charge < -0.3 is 14.7 Å². The van der Waals surface area contributed by atoms with E-state index in [1.54, 1.807) is 7.11 Å². The molecule has 1 atom stereocenters. The lowest BCUT2D eigenvalue weighted by Crippen LogP contribution is -2.26. The molecule has 0 radical (unpaired) electrons. The minimum atomic E-state index is -0.544. The van der Waals surface area contributed by atoms with E-state index in [0.717, 1.165) is 24.3 Å². The van der Waals surface area contributed by atoms with Crippen molar-refractivity contribution < 1.29 is 9.84 Å². The SMILES string of the molecule is COc1ccccc1C(O)CN1CCc2ccccc21. The Bertz CT molecular complexity index is 597. The molecule has 3 nitrogen and oxygen atoms in total. The van der Waals surface area contributed by atoms with Crippen LogP contribution in [0.4, 0.5) is 5.69 Å². The highest BCUT2D eigenvalue weighted by Crippen LogP contribution is 2.31. The molecule has 104 valence electrons. The number of β-amino-alcohol motifs (C(OH)–C–C–N with tert-alkyl or cyclic N) is 1. The predicted molar refractivity (Wildman–Crippen MR) is 80.3 cm³/mol. The molecule has 0 aromatic heterocycles. The van der Waals surface area contributed by atoms with Gasteiger partial charge in [0.05, 0.1) is 7.11 Å². The minimum absolute atomic E-state index is 0.544. The first kappa shape index (κ1) is 13.0. The summed E-state index contributed by atoms with van der Waals surface area (Å²) in [5.74, 6) is 0.743. The van der Waals surface area contributed by atoms with Gasteiger partial charge in [0.25, 0.3) is 0 Å². The number of hydrogen-bond acceptors (Lipinski definition) is 3. The first-order valence-corrected chi connectivity index (χ1v) is 6.93. The van der Waals surface area contributed by atoms with E-state index in [0.29, 0.717) is 6.54 Å². The standard InChI is InChI=1S/C17H19NO2/c1-20-17-9-5-3-7-14(17)16(19)12-18-11-10-13-6-2-4-8-15(13)18/h2-9,16,19H,10-12H2,1H3. The number of methoxy groups -OCH3 is 1. The van der Waals surface area contributed by atoms with Gasteiger partial charge in [-0.15, -0.1) is 0 Å². The first-order chi connectivity index (χ1) is 9.79. The summed E-state index contributed by atoms with van der Waals surface area (Å²) in [6, 6.07) is 16.1. The van der Waals surface area contributed by atoms with Crippen LogP contribution in [0.3, 0.4) is 0 Å². The molecule has 0 spiro atoms. The zero-order chi connectivity index (χ0) is 13.9. The van der Waals surface area contributed by atoms with E-state index < -0.39 is 6.10 Å². The van der Waals surface area contributed by atoms with Crippen molar-refractivity contribution >= 4 is 5.69 Å². The zero-order valence-electron chi connectivity index (χ0n) is 11.6. The predicted octanol–water partition coefficient (Wildman–Crippen LogP) is 2.79. The molecule has 3 rings (SSSR count). The fourth-order valence-electron chi connectivity index (χ4n) is 2.85. The molecule has 1 aliphatic heterocycles. The van der Waals surface area contributed by atoms with Gasteiger partial charge in [0.1, 0.15) is 11.9 Å². The fourth-order valence-corrected chi connectivity index (χ4v) is 2.85. The van der Waals surface area contributed by atoms with Crippen molar-refractivity contribution in [2.75, 3.05) is 25.1 Å². The molecule has 0 saturated heterocycles. The van der Waals surface area contributed by atoms with E-state index in [1.165, 1.54) is 11.3 Å². The molecule has 1 aliphatic rings. The number of para-hydroxylation sites is 2. The molecule has 0 bridgehead atoms. The van der Waals surface area contributed by atoms with Crippen molar-refractivity contribution in [3.05, 3.63) is 59.7 Å². The number of nitrogens with zero attached hydrogens (tertiary/aromatic N) is 1. The highest BCUT2D eigenvalue weighted by atomic mass is 16.5. The van der Waals surface area contributed by atoms with Gasteiger partial charge in [-0.3, -0.25) is 0 Å². The van der Waals surface area contributed by atoms with Gasteiger partial charge in [-0.2, -0.15) is 0 Å². The van der Waals surface area contributed by atoms with Crippen LogP contribution in [0, 0.1) is 0 Å². The summed E-state index contributed by atoms with van der Waals surface area (Å²) >= 11 is 0. The van der Waals surface area contributed by atoms with Crippen LogP contribution in [-0.4, -0.2) is 25.3 Å². The third-order valence-corrected chi connectivity index (χ3v) is 3.87. The Morgan fingerprint density at radius 2 is 1.90 bits per heavy atom. The van der Waals surface area contributed by atoms with Crippen LogP contribution in [0.2, 0.25) is 0 Å². The first-order valence-electron chi connectivity index (χ1n) is 6.93. The Kier molecular flexibility index (Phi) is 3.61. The second-order valence-electron chi connectivity index (χ2n) is 5.08. The number of aliphatic hydroxyl groups excluding tert-OH is 1. The molecule has 0 amide bonds. The van der Waals surface area contributed by atoms with Crippen molar-refractivity contribution in [3.8, 4) is 5.75 Å². The maximum Gasteiger partial charge on any atom is 0.124 e. The maximum atomic E-state index is 10.5. The Hall–Kier alpha value is -2.00. The van der Waals surface area contributed by atoms with E-state index in [9.17, 15) is 5.11 Å². The highest BCUT2D eigenvalue weighted by molar-refractivity contribution is 5.58. The molecule has 0 fully saturated rings. The minimum Gasteiger partial charge on any atom is -0.496 e. The van der Waals surface area contributed by atoms with Crippen LogP contribution in [0.1, 0.15) is 17.2 Å². The van der Waals surface area contributed by atoms with Gasteiger partial charge in [0.15, 0.2) is 0 Å². The van der Waals surface area contributed by atoms with Crippen LogP contribution in [0.5, 0.6) is 5.75 Å².